The van der Waals surface area contributed by atoms with Crippen LogP contribution in [0.3, 0.4) is 0 Å². The SMILES string of the molecule is CC/C=C\C/C=C\C/C=C\C/C=C\C/C=C\C/C=C\CCCCC(=O)OC(COCCCCCCCC/C=C\CCCCCCC)COP(=O)(O)OCC(N)C(=O)O. The topological polar surface area (TPSA) is 155 Å². The number of rotatable bonds is 41. The largest absolute Gasteiger partial charge is 0.480 e. The molecule has 0 aliphatic rings. The van der Waals surface area contributed by atoms with E-state index in [1.165, 1.54) is 57.8 Å². The number of carbonyl (C=O) groups excluding carboxylic acids is 1. The molecule has 332 valence electrons. The van der Waals surface area contributed by atoms with Crippen LogP contribution >= 0.6 is 7.82 Å². The van der Waals surface area contributed by atoms with Crippen LogP contribution in [0.2, 0.25) is 0 Å². The van der Waals surface area contributed by atoms with Crippen molar-refractivity contribution in [1.29, 1.82) is 0 Å². The monoisotopic (exact) mass is 834 g/mol. The van der Waals surface area contributed by atoms with E-state index in [1.54, 1.807) is 0 Å². The van der Waals surface area contributed by atoms with Gasteiger partial charge in [-0.1, -0.05) is 150 Å². The number of carbonyl (C=O) groups is 2. The first-order chi connectivity index (χ1) is 28.2. The Morgan fingerprint density at radius 1 is 0.569 bits per heavy atom. The van der Waals surface area contributed by atoms with Crippen molar-refractivity contribution in [1.82, 2.24) is 0 Å². The summed E-state index contributed by atoms with van der Waals surface area (Å²) in [5.74, 6) is -1.83. The van der Waals surface area contributed by atoms with Crippen LogP contribution < -0.4 is 5.73 Å². The van der Waals surface area contributed by atoms with E-state index in [0.29, 0.717) is 13.0 Å². The molecule has 3 atom stereocenters. The number of carboxylic acid groups (broad SMARTS) is 1. The summed E-state index contributed by atoms with van der Waals surface area (Å²) < 4.78 is 33.3. The smallest absolute Gasteiger partial charge is 0.472 e. The molecule has 3 unspecified atom stereocenters. The minimum atomic E-state index is -4.64. The van der Waals surface area contributed by atoms with Crippen molar-refractivity contribution in [2.45, 2.75) is 174 Å². The third kappa shape index (κ3) is 41.3. The number of phosphoric ester groups is 1. The molecule has 58 heavy (non-hydrogen) atoms. The summed E-state index contributed by atoms with van der Waals surface area (Å²) in [6.45, 7) is 3.67. The van der Waals surface area contributed by atoms with E-state index in [-0.39, 0.29) is 13.0 Å². The van der Waals surface area contributed by atoms with Crippen molar-refractivity contribution in [3.8, 4) is 0 Å². The van der Waals surface area contributed by atoms with Crippen LogP contribution in [0.25, 0.3) is 0 Å². The summed E-state index contributed by atoms with van der Waals surface area (Å²) in [5, 5.41) is 8.90. The zero-order valence-corrected chi connectivity index (χ0v) is 37.0. The van der Waals surface area contributed by atoms with Gasteiger partial charge in [0.05, 0.1) is 19.8 Å². The summed E-state index contributed by atoms with van der Waals surface area (Å²) >= 11 is 0. The van der Waals surface area contributed by atoms with Crippen molar-refractivity contribution >= 4 is 19.8 Å². The standard InChI is InChI=1S/C47H80NO9P/c1-3-5-7-9-11-13-15-17-19-20-21-22-23-24-25-27-29-31-33-35-37-39-46(49)57-44(42-55-58(52,53)56-43-45(48)47(50)51)41-54-40-38-36-34-32-30-28-26-18-16-14-12-10-8-6-4-2/h5,7,11,13,16-19,21-22,24-25,29,31,44-45H,3-4,6,8-10,12,14-15,20,23,26-28,30,32-43,48H2,1-2H3,(H,50,51)(H,52,53)/b7-5-,13-11-,18-16-,19-17-,22-21-,25-24-,31-29-. The molecule has 0 aromatic rings. The molecule has 0 aliphatic heterocycles. The number of ether oxygens (including phenoxy) is 2. The van der Waals surface area contributed by atoms with Crippen molar-refractivity contribution in [3.63, 3.8) is 0 Å². The fourth-order valence-electron chi connectivity index (χ4n) is 5.48. The van der Waals surface area contributed by atoms with Crippen LogP contribution in [0.15, 0.2) is 85.1 Å². The van der Waals surface area contributed by atoms with Gasteiger partial charge >= 0.3 is 19.8 Å². The Hall–Kier alpha value is -2.85. The number of aliphatic carboxylic acids is 1. The van der Waals surface area contributed by atoms with Gasteiger partial charge in [0.2, 0.25) is 0 Å². The number of carboxylic acids is 1. The molecule has 4 N–H and O–H groups in total. The Balaban J connectivity index is 4.36. The van der Waals surface area contributed by atoms with Crippen LogP contribution in [0.5, 0.6) is 0 Å². The maximum absolute atomic E-state index is 12.6. The molecule has 0 aromatic carbocycles. The highest BCUT2D eigenvalue weighted by Gasteiger charge is 2.27. The molecule has 0 saturated heterocycles. The average Bonchev–Trinajstić information content (AvgIpc) is 3.20. The quantitative estimate of drug-likeness (QED) is 0.0235. The molecule has 0 aliphatic carbocycles. The van der Waals surface area contributed by atoms with E-state index < -0.39 is 45.1 Å². The van der Waals surface area contributed by atoms with Crippen LogP contribution in [0, 0.1) is 0 Å². The van der Waals surface area contributed by atoms with Gasteiger partial charge in [0, 0.05) is 13.0 Å². The molecule has 0 saturated carbocycles. The first-order valence-corrected chi connectivity index (χ1v) is 23.6. The summed E-state index contributed by atoms with van der Waals surface area (Å²) in [5.41, 5.74) is 5.35. The second kappa shape index (κ2) is 42.3. The highest BCUT2D eigenvalue weighted by Crippen LogP contribution is 2.43. The van der Waals surface area contributed by atoms with E-state index in [9.17, 15) is 19.0 Å². The molecule has 0 radical (unpaired) electrons. The highest BCUT2D eigenvalue weighted by molar-refractivity contribution is 7.47. The van der Waals surface area contributed by atoms with E-state index in [4.69, 9.17) is 29.4 Å². The van der Waals surface area contributed by atoms with Crippen LogP contribution in [0.1, 0.15) is 162 Å². The number of phosphoric acid groups is 1. The Bertz CT molecular complexity index is 1240. The average molecular weight is 834 g/mol. The summed E-state index contributed by atoms with van der Waals surface area (Å²) in [6.07, 6.45) is 53.5. The molecular formula is C47H80NO9P. The highest BCUT2D eigenvalue weighted by atomic mass is 31.2. The minimum absolute atomic E-state index is 0.0101. The lowest BCUT2D eigenvalue weighted by Crippen LogP contribution is -2.34. The van der Waals surface area contributed by atoms with E-state index in [1.807, 2.05) is 0 Å². The summed E-state index contributed by atoms with van der Waals surface area (Å²) in [6, 6.07) is -1.49. The molecule has 0 spiro atoms. The Morgan fingerprint density at radius 3 is 1.52 bits per heavy atom. The van der Waals surface area contributed by atoms with E-state index in [2.05, 4.69) is 98.9 Å². The maximum atomic E-state index is 12.6. The first-order valence-electron chi connectivity index (χ1n) is 22.1. The van der Waals surface area contributed by atoms with Crippen molar-refractivity contribution in [2.75, 3.05) is 26.4 Å². The maximum Gasteiger partial charge on any atom is 0.472 e. The molecule has 0 aromatic heterocycles. The Kier molecular flexibility index (Phi) is 40.2. The van der Waals surface area contributed by atoms with Gasteiger partial charge in [-0.3, -0.25) is 18.6 Å². The van der Waals surface area contributed by atoms with Gasteiger partial charge < -0.3 is 25.2 Å². The van der Waals surface area contributed by atoms with Crippen LogP contribution in [-0.2, 0) is 32.7 Å². The van der Waals surface area contributed by atoms with Gasteiger partial charge in [-0.15, -0.1) is 0 Å². The predicted octanol–water partition coefficient (Wildman–Crippen LogP) is 12.4. The van der Waals surface area contributed by atoms with E-state index >= 15 is 0 Å². The predicted molar refractivity (Wildman–Crippen MR) is 240 cm³/mol. The molecule has 0 fully saturated rings. The van der Waals surface area contributed by atoms with E-state index in [0.717, 1.165) is 77.0 Å². The summed E-state index contributed by atoms with van der Waals surface area (Å²) in [4.78, 5) is 33.5. The van der Waals surface area contributed by atoms with Gasteiger partial charge in [-0.05, 0) is 89.9 Å². The number of nitrogens with two attached hydrogens (primary N) is 1. The summed E-state index contributed by atoms with van der Waals surface area (Å²) in [7, 11) is -4.64. The van der Waals surface area contributed by atoms with Crippen molar-refractivity contribution in [3.05, 3.63) is 85.1 Å². The number of hydrogen-bond donors (Lipinski definition) is 3. The zero-order chi connectivity index (χ0) is 42.6. The molecule has 0 rings (SSSR count). The van der Waals surface area contributed by atoms with Crippen molar-refractivity contribution < 1.29 is 42.7 Å². The van der Waals surface area contributed by atoms with Gasteiger partial charge in [-0.2, -0.15) is 0 Å². The fraction of sp³-hybridized carbons (Fsp3) is 0.660. The minimum Gasteiger partial charge on any atom is -0.480 e. The van der Waals surface area contributed by atoms with Crippen LogP contribution in [0.4, 0.5) is 0 Å². The third-order valence-electron chi connectivity index (χ3n) is 8.91. The lowest BCUT2D eigenvalue weighted by Gasteiger charge is -2.20. The lowest BCUT2D eigenvalue weighted by molar-refractivity contribution is -0.154. The number of allylic oxidation sites excluding steroid dienone is 14. The zero-order valence-electron chi connectivity index (χ0n) is 36.1. The Morgan fingerprint density at radius 2 is 1.00 bits per heavy atom. The second-order valence-electron chi connectivity index (χ2n) is 14.4. The molecule has 11 heteroatoms. The second-order valence-corrected chi connectivity index (χ2v) is 15.9. The molecule has 0 bridgehead atoms. The lowest BCUT2D eigenvalue weighted by atomic mass is 10.1. The first kappa shape index (κ1) is 55.2. The molecule has 0 heterocycles. The molecule has 0 amide bonds. The Labute approximate surface area is 352 Å². The van der Waals surface area contributed by atoms with Gasteiger partial charge in [-0.25, -0.2) is 4.57 Å². The van der Waals surface area contributed by atoms with Gasteiger partial charge in [0.25, 0.3) is 0 Å². The normalized spacial score (nSPS) is 14.7. The van der Waals surface area contributed by atoms with Gasteiger partial charge in [0.15, 0.2) is 0 Å². The van der Waals surface area contributed by atoms with Crippen LogP contribution in [-0.4, -0.2) is 60.5 Å². The number of hydrogen-bond acceptors (Lipinski definition) is 8. The third-order valence-corrected chi connectivity index (χ3v) is 9.86. The number of esters is 1. The van der Waals surface area contributed by atoms with Gasteiger partial charge in [0.1, 0.15) is 12.1 Å². The molecular weight excluding hydrogens is 753 g/mol. The molecule has 10 nitrogen and oxygen atoms in total. The van der Waals surface area contributed by atoms with Crippen molar-refractivity contribution in [2.24, 2.45) is 5.73 Å². The fourth-order valence-corrected chi connectivity index (χ4v) is 6.26. The number of unbranched alkanes of at least 4 members (excludes halogenated alkanes) is 13.